The fourth-order valence-electron chi connectivity index (χ4n) is 3.10. The molecule has 1 aromatic heterocycles. The number of benzene rings is 1. The molecule has 8 nitrogen and oxygen atoms in total. The van der Waals surface area contributed by atoms with E-state index in [-0.39, 0.29) is 29.2 Å². The summed E-state index contributed by atoms with van der Waals surface area (Å²) in [5, 5.41) is 17.2. The number of piperidine rings is 1. The summed E-state index contributed by atoms with van der Waals surface area (Å²) in [4.78, 5) is 26.5. The lowest BCUT2D eigenvalue weighted by Gasteiger charge is -2.31. The van der Waals surface area contributed by atoms with Crippen molar-refractivity contribution in [3.63, 3.8) is 0 Å². The van der Waals surface area contributed by atoms with E-state index in [2.05, 4.69) is 10.4 Å². The van der Waals surface area contributed by atoms with Crippen molar-refractivity contribution in [3.8, 4) is 11.4 Å². The number of carbonyl (C=O) groups excluding carboxylic acids is 2. The smallest absolute Gasteiger partial charge is 0.278 e. The van der Waals surface area contributed by atoms with E-state index in [1.165, 1.54) is 10.9 Å². The molecule has 1 unspecified atom stereocenters. The summed E-state index contributed by atoms with van der Waals surface area (Å²) >= 11 is 0. The molecule has 0 radical (unpaired) electrons. The number of carbonyl (C=O) groups is 2. The van der Waals surface area contributed by atoms with E-state index in [0.29, 0.717) is 26.2 Å². The van der Waals surface area contributed by atoms with Crippen LogP contribution < -0.4 is 11.1 Å². The van der Waals surface area contributed by atoms with Gasteiger partial charge in [-0.3, -0.25) is 9.59 Å². The molecule has 1 aromatic carbocycles. The van der Waals surface area contributed by atoms with Gasteiger partial charge in [-0.25, -0.2) is 4.68 Å². The van der Waals surface area contributed by atoms with Crippen molar-refractivity contribution in [2.24, 2.45) is 11.7 Å². The third kappa shape index (κ3) is 3.85. The van der Waals surface area contributed by atoms with Gasteiger partial charge in [-0.2, -0.15) is 5.10 Å². The van der Waals surface area contributed by atoms with Crippen molar-refractivity contribution in [2.45, 2.75) is 12.8 Å². The maximum Gasteiger partial charge on any atom is 0.278 e. The van der Waals surface area contributed by atoms with Crippen LogP contribution in [0, 0.1) is 5.92 Å². The number of aromatic hydroxyl groups is 1. The van der Waals surface area contributed by atoms with Crippen LogP contribution in [0.2, 0.25) is 0 Å². The molecule has 1 fully saturated rings. The van der Waals surface area contributed by atoms with Gasteiger partial charge in [-0.05, 0) is 25.0 Å². The van der Waals surface area contributed by atoms with Crippen molar-refractivity contribution >= 4 is 11.8 Å². The summed E-state index contributed by atoms with van der Waals surface area (Å²) in [6.07, 6.45) is 2.87. The number of nitrogens with two attached hydrogens (primary N) is 1. The lowest BCUT2D eigenvalue weighted by atomic mass is 9.97. The Morgan fingerprint density at radius 2 is 2.08 bits per heavy atom. The molecule has 0 bridgehead atoms. The molecule has 1 saturated heterocycles. The Morgan fingerprint density at radius 3 is 2.81 bits per heavy atom. The Hall–Kier alpha value is -2.87. The number of hydrogen-bond donors (Lipinski definition) is 3. The normalized spacial score (nSPS) is 17.1. The predicted molar refractivity (Wildman–Crippen MR) is 95.9 cm³/mol. The molecule has 26 heavy (non-hydrogen) atoms. The maximum atomic E-state index is 12.8. The van der Waals surface area contributed by atoms with Gasteiger partial charge >= 0.3 is 0 Å². The van der Waals surface area contributed by atoms with E-state index in [1.54, 1.807) is 4.90 Å². The fourth-order valence-corrected chi connectivity index (χ4v) is 3.10. The topological polar surface area (TPSA) is 113 Å². The lowest BCUT2D eigenvalue weighted by molar-refractivity contribution is -0.126. The number of hydrogen-bond acceptors (Lipinski definition) is 5. The van der Waals surface area contributed by atoms with Gasteiger partial charge in [0, 0.05) is 26.2 Å². The molecule has 0 aliphatic carbocycles. The molecule has 2 aromatic rings. The highest BCUT2D eigenvalue weighted by Gasteiger charge is 2.31. The van der Waals surface area contributed by atoms with Crippen LogP contribution in [0.15, 0.2) is 36.5 Å². The summed E-state index contributed by atoms with van der Waals surface area (Å²) in [6.45, 7) is 1.65. The van der Waals surface area contributed by atoms with E-state index in [9.17, 15) is 14.7 Å². The summed E-state index contributed by atoms with van der Waals surface area (Å²) in [7, 11) is 0. The lowest BCUT2D eigenvalue weighted by Crippen LogP contribution is -2.46. The Labute approximate surface area is 151 Å². The molecule has 3 rings (SSSR count). The quantitative estimate of drug-likeness (QED) is 0.721. The third-order valence-electron chi connectivity index (χ3n) is 4.44. The van der Waals surface area contributed by atoms with Gasteiger partial charge in [0.25, 0.3) is 5.91 Å². The minimum absolute atomic E-state index is 0.00290. The number of amides is 2. The molecule has 1 aliphatic rings. The van der Waals surface area contributed by atoms with Gasteiger partial charge in [0.15, 0.2) is 11.4 Å². The van der Waals surface area contributed by atoms with E-state index < -0.39 is 0 Å². The van der Waals surface area contributed by atoms with E-state index in [0.717, 1.165) is 18.5 Å². The van der Waals surface area contributed by atoms with Crippen molar-refractivity contribution in [1.82, 2.24) is 20.0 Å². The first-order chi connectivity index (χ1) is 12.6. The molecule has 2 amide bonds. The van der Waals surface area contributed by atoms with E-state index >= 15 is 0 Å². The molecule has 8 heteroatoms. The number of nitrogens with zero attached hydrogens (tertiary/aromatic N) is 3. The number of para-hydroxylation sites is 1. The number of aromatic nitrogens is 2. The zero-order valence-electron chi connectivity index (χ0n) is 14.5. The molecule has 4 N–H and O–H groups in total. The summed E-state index contributed by atoms with van der Waals surface area (Å²) in [5.74, 6) is -0.897. The SMILES string of the molecule is NCCNC(=O)C1CCCN(C(=O)c2nn(-c3ccccc3)cc2O)C1. The first-order valence-electron chi connectivity index (χ1n) is 8.71. The largest absolute Gasteiger partial charge is 0.504 e. The highest BCUT2D eigenvalue weighted by Crippen LogP contribution is 2.23. The van der Waals surface area contributed by atoms with Gasteiger partial charge in [0.1, 0.15) is 0 Å². The van der Waals surface area contributed by atoms with Gasteiger partial charge in [0.05, 0.1) is 17.8 Å². The van der Waals surface area contributed by atoms with Crippen LogP contribution in [0.4, 0.5) is 0 Å². The Bertz CT molecular complexity index is 774. The predicted octanol–water partition coefficient (Wildman–Crippen LogP) is 0.505. The monoisotopic (exact) mass is 357 g/mol. The van der Waals surface area contributed by atoms with Gasteiger partial charge in [-0.15, -0.1) is 0 Å². The summed E-state index contributed by atoms with van der Waals surface area (Å²) < 4.78 is 1.47. The minimum atomic E-state index is -0.367. The average molecular weight is 357 g/mol. The van der Waals surface area contributed by atoms with Crippen LogP contribution in [-0.4, -0.2) is 57.8 Å². The first-order valence-corrected chi connectivity index (χ1v) is 8.71. The van der Waals surface area contributed by atoms with Crippen LogP contribution >= 0.6 is 0 Å². The zero-order valence-corrected chi connectivity index (χ0v) is 14.5. The first kappa shape index (κ1) is 17.9. The minimum Gasteiger partial charge on any atom is -0.504 e. The highest BCUT2D eigenvalue weighted by molar-refractivity contribution is 5.95. The standard InChI is InChI=1S/C18H23N5O3/c19-8-9-20-17(25)13-5-4-10-22(11-13)18(26)16-15(24)12-23(21-16)14-6-2-1-3-7-14/h1-3,6-7,12-13,24H,4-5,8-11,19H2,(H,20,25). The summed E-state index contributed by atoms with van der Waals surface area (Å²) in [6, 6.07) is 9.25. The molecule has 0 saturated carbocycles. The van der Waals surface area contributed by atoms with Crippen LogP contribution in [0.5, 0.6) is 5.75 Å². The molecule has 2 heterocycles. The third-order valence-corrected chi connectivity index (χ3v) is 4.44. The molecule has 0 spiro atoms. The van der Waals surface area contributed by atoms with Gasteiger partial charge in [0.2, 0.25) is 5.91 Å². The average Bonchev–Trinajstić information content (AvgIpc) is 3.08. The second kappa shape index (κ2) is 8.01. The molecule has 1 aliphatic heterocycles. The second-order valence-electron chi connectivity index (χ2n) is 6.31. The van der Waals surface area contributed by atoms with Crippen molar-refractivity contribution in [2.75, 3.05) is 26.2 Å². The molecular formula is C18H23N5O3. The van der Waals surface area contributed by atoms with Crippen molar-refractivity contribution < 1.29 is 14.7 Å². The number of likely N-dealkylation sites (tertiary alicyclic amines) is 1. The van der Waals surface area contributed by atoms with Crippen LogP contribution in [0.3, 0.4) is 0 Å². The summed E-state index contributed by atoms with van der Waals surface area (Å²) in [5.41, 5.74) is 6.15. The van der Waals surface area contributed by atoms with E-state index in [1.807, 2.05) is 30.3 Å². The Morgan fingerprint density at radius 1 is 1.31 bits per heavy atom. The Kier molecular flexibility index (Phi) is 5.52. The molecular weight excluding hydrogens is 334 g/mol. The fraction of sp³-hybridized carbons (Fsp3) is 0.389. The van der Waals surface area contributed by atoms with Crippen LogP contribution in [0.1, 0.15) is 23.3 Å². The maximum absolute atomic E-state index is 12.8. The molecule has 1 atom stereocenters. The van der Waals surface area contributed by atoms with E-state index in [4.69, 9.17) is 5.73 Å². The van der Waals surface area contributed by atoms with Crippen LogP contribution in [-0.2, 0) is 4.79 Å². The number of nitrogens with one attached hydrogen (secondary N) is 1. The van der Waals surface area contributed by atoms with Crippen molar-refractivity contribution in [1.29, 1.82) is 0 Å². The zero-order chi connectivity index (χ0) is 18.5. The van der Waals surface area contributed by atoms with Crippen molar-refractivity contribution in [3.05, 3.63) is 42.2 Å². The second-order valence-corrected chi connectivity index (χ2v) is 6.31. The highest BCUT2D eigenvalue weighted by atomic mass is 16.3. The van der Waals surface area contributed by atoms with Gasteiger partial charge < -0.3 is 21.1 Å². The number of rotatable bonds is 5. The Balaban J connectivity index is 1.73. The van der Waals surface area contributed by atoms with Gasteiger partial charge in [-0.1, -0.05) is 18.2 Å². The molecule has 138 valence electrons. The van der Waals surface area contributed by atoms with Crippen LogP contribution in [0.25, 0.3) is 5.69 Å².